The first-order valence-corrected chi connectivity index (χ1v) is 4.82. The predicted molar refractivity (Wildman–Crippen MR) is 60.7 cm³/mol. The van der Waals surface area contributed by atoms with Crippen molar-refractivity contribution in [3.05, 3.63) is 35.4 Å². The third-order valence-electron chi connectivity index (χ3n) is 1.94. The summed E-state index contributed by atoms with van der Waals surface area (Å²) < 4.78 is 4.46. The summed E-state index contributed by atoms with van der Waals surface area (Å²) in [5, 5.41) is 26.2. The molecule has 1 aromatic rings. The molecule has 0 unspecified atom stereocenters. The van der Waals surface area contributed by atoms with Gasteiger partial charge in [0.2, 0.25) is 0 Å². The Balaban J connectivity index is 2.83. The molecule has 1 rings (SSSR count). The highest BCUT2D eigenvalue weighted by atomic mass is 16.5. The summed E-state index contributed by atoms with van der Waals surface area (Å²) in [6.45, 7) is -0.348. The van der Waals surface area contributed by atoms with Crippen molar-refractivity contribution in [3.8, 4) is 11.8 Å². The Morgan fingerprint density at radius 2 is 2.17 bits per heavy atom. The zero-order valence-corrected chi connectivity index (χ0v) is 9.16. The van der Waals surface area contributed by atoms with Crippen LogP contribution in [-0.4, -0.2) is 28.8 Å². The molecule has 2 N–H and O–H groups in total. The first-order valence-electron chi connectivity index (χ1n) is 4.82. The van der Waals surface area contributed by atoms with E-state index in [-0.39, 0.29) is 17.9 Å². The molecule has 0 aliphatic heterocycles. The second-order valence-corrected chi connectivity index (χ2v) is 3.18. The molecule has 0 atom stereocenters. The highest BCUT2D eigenvalue weighted by molar-refractivity contribution is 5.92. The molecule has 0 heterocycles. The SMILES string of the molecule is N#CCOC(=O)/C=C/c1ccc(O)c(C(=O)O)c1. The Kier molecular flexibility index (Phi) is 4.46. The average molecular weight is 247 g/mol. The minimum Gasteiger partial charge on any atom is -0.507 e. The van der Waals surface area contributed by atoms with E-state index in [1.54, 1.807) is 6.07 Å². The average Bonchev–Trinajstić information content (AvgIpc) is 2.35. The molecule has 0 aromatic heterocycles. The lowest BCUT2D eigenvalue weighted by Crippen LogP contribution is -2.00. The second kappa shape index (κ2) is 6.06. The van der Waals surface area contributed by atoms with Crippen molar-refractivity contribution < 1.29 is 24.5 Å². The number of benzene rings is 1. The summed E-state index contributed by atoms with van der Waals surface area (Å²) in [5.74, 6) is -2.33. The third-order valence-corrected chi connectivity index (χ3v) is 1.94. The van der Waals surface area contributed by atoms with Crippen LogP contribution < -0.4 is 0 Å². The van der Waals surface area contributed by atoms with E-state index >= 15 is 0 Å². The number of nitrogens with zero attached hydrogens (tertiary/aromatic N) is 1. The number of aromatic hydroxyl groups is 1. The van der Waals surface area contributed by atoms with Crippen LogP contribution in [0.5, 0.6) is 5.75 Å². The maximum Gasteiger partial charge on any atom is 0.339 e. The van der Waals surface area contributed by atoms with Crippen molar-refractivity contribution in [1.82, 2.24) is 0 Å². The molecule has 0 saturated heterocycles. The highest BCUT2D eigenvalue weighted by Crippen LogP contribution is 2.19. The van der Waals surface area contributed by atoms with E-state index in [0.717, 1.165) is 6.08 Å². The number of phenols is 1. The number of carbonyl (C=O) groups excluding carboxylic acids is 1. The number of aromatic carboxylic acids is 1. The molecule has 6 heteroatoms. The molecule has 0 spiro atoms. The molecule has 0 fully saturated rings. The van der Waals surface area contributed by atoms with Crippen LogP contribution in [-0.2, 0) is 9.53 Å². The molecule has 0 aliphatic rings. The van der Waals surface area contributed by atoms with Gasteiger partial charge in [0, 0.05) is 6.08 Å². The number of rotatable bonds is 4. The lowest BCUT2D eigenvalue weighted by atomic mass is 10.1. The van der Waals surface area contributed by atoms with E-state index in [9.17, 15) is 14.7 Å². The molecular formula is C12H9NO5. The molecule has 18 heavy (non-hydrogen) atoms. The predicted octanol–water partition coefficient (Wildman–Crippen LogP) is 1.17. The molecule has 1 aromatic carbocycles. The van der Waals surface area contributed by atoms with Crippen LogP contribution >= 0.6 is 0 Å². The Labute approximate surface area is 102 Å². The van der Waals surface area contributed by atoms with Crippen molar-refractivity contribution >= 4 is 18.0 Å². The Hall–Kier alpha value is -2.81. The summed E-state index contributed by atoms with van der Waals surface area (Å²) in [5.41, 5.74) is 0.154. The van der Waals surface area contributed by atoms with Crippen LogP contribution in [0.4, 0.5) is 0 Å². The number of nitriles is 1. The number of carboxylic acid groups (broad SMARTS) is 1. The van der Waals surface area contributed by atoms with Crippen LogP contribution in [0.15, 0.2) is 24.3 Å². The van der Waals surface area contributed by atoms with E-state index in [4.69, 9.17) is 10.4 Å². The number of carboxylic acids is 1. The van der Waals surface area contributed by atoms with E-state index in [2.05, 4.69) is 4.74 Å². The lowest BCUT2D eigenvalue weighted by Gasteiger charge is -2.00. The topological polar surface area (TPSA) is 108 Å². The van der Waals surface area contributed by atoms with Gasteiger partial charge in [-0.05, 0) is 23.8 Å². The fraction of sp³-hybridized carbons (Fsp3) is 0.0833. The number of esters is 1. The van der Waals surface area contributed by atoms with Crippen molar-refractivity contribution in [3.63, 3.8) is 0 Å². The molecule has 0 radical (unpaired) electrons. The van der Waals surface area contributed by atoms with E-state index in [0.29, 0.717) is 5.56 Å². The molecule has 0 aliphatic carbocycles. The fourth-order valence-corrected chi connectivity index (χ4v) is 1.14. The van der Waals surface area contributed by atoms with Gasteiger partial charge in [-0.2, -0.15) is 5.26 Å². The van der Waals surface area contributed by atoms with E-state index in [1.165, 1.54) is 24.3 Å². The van der Waals surface area contributed by atoms with Gasteiger partial charge in [-0.1, -0.05) is 6.07 Å². The maximum absolute atomic E-state index is 11.0. The molecule has 6 nitrogen and oxygen atoms in total. The van der Waals surface area contributed by atoms with Crippen molar-refractivity contribution in [2.75, 3.05) is 6.61 Å². The number of hydrogen-bond acceptors (Lipinski definition) is 5. The van der Waals surface area contributed by atoms with Crippen molar-refractivity contribution in [2.24, 2.45) is 0 Å². The first kappa shape index (κ1) is 13.3. The monoisotopic (exact) mass is 247 g/mol. The zero-order valence-electron chi connectivity index (χ0n) is 9.16. The molecule has 0 amide bonds. The van der Waals surface area contributed by atoms with Crippen molar-refractivity contribution in [2.45, 2.75) is 0 Å². The fourth-order valence-electron chi connectivity index (χ4n) is 1.14. The van der Waals surface area contributed by atoms with Gasteiger partial charge in [0.25, 0.3) is 0 Å². The Morgan fingerprint density at radius 3 is 2.78 bits per heavy atom. The highest BCUT2D eigenvalue weighted by Gasteiger charge is 2.09. The van der Waals surface area contributed by atoms with Crippen LogP contribution in [0.1, 0.15) is 15.9 Å². The number of hydrogen-bond donors (Lipinski definition) is 2. The van der Waals surface area contributed by atoms with Gasteiger partial charge in [-0.25, -0.2) is 9.59 Å². The summed E-state index contributed by atoms with van der Waals surface area (Å²) in [4.78, 5) is 21.8. The first-order chi connectivity index (χ1) is 8.54. The van der Waals surface area contributed by atoms with Gasteiger partial charge in [-0.15, -0.1) is 0 Å². The summed E-state index contributed by atoms with van der Waals surface area (Å²) in [7, 11) is 0. The largest absolute Gasteiger partial charge is 0.507 e. The number of ether oxygens (including phenoxy) is 1. The minimum absolute atomic E-state index is 0.262. The third kappa shape index (κ3) is 3.64. The summed E-state index contributed by atoms with van der Waals surface area (Å²) >= 11 is 0. The summed E-state index contributed by atoms with van der Waals surface area (Å²) in [6.07, 6.45) is 2.39. The lowest BCUT2D eigenvalue weighted by molar-refractivity contribution is -0.136. The quantitative estimate of drug-likeness (QED) is 0.610. The normalized spacial score (nSPS) is 9.94. The van der Waals surface area contributed by atoms with Gasteiger partial charge in [0.05, 0.1) is 0 Å². The molecule has 92 valence electrons. The second-order valence-electron chi connectivity index (χ2n) is 3.18. The molecular weight excluding hydrogens is 238 g/mol. The van der Waals surface area contributed by atoms with Gasteiger partial charge >= 0.3 is 11.9 Å². The Bertz CT molecular complexity index is 542. The summed E-state index contributed by atoms with van der Waals surface area (Å²) in [6, 6.07) is 5.51. The zero-order chi connectivity index (χ0) is 13.5. The van der Waals surface area contributed by atoms with E-state index in [1.807, 2.05) is 0 Å². The van der Waals surface area contributed by atoms with Crippen LogP contribution in [0, 0.1) is 11.3 Å². The van der Waals surface area contributed by atoms with Crippen LogP contribution in [0.3, 0.4) is 0 Å². The smallest absolute Gasteiger partial charge is 0.339 e. The molecule has 0 saturated carbocycles. The van der Waals surface area contributed by atoms with E-state index < -0.39 is 11.9 Å². The standard InChI is InChI=1S/C12H9NO5/c13-5-6-18-11(15)4-2-8-1-3-10(14)9(7-8)12(16)17/h1-4,7,14H,6H2,(H,16,17)/b4-2+. The maximum atomic E-state index is 11.0. The van der Waals surface area contributed by atoms with Gasteiger partial charge in [0.1, 0.15) is 17.4 Å². The van der Waals surface area contributed by atoms with Gasteiger partial charge in [0.15, 0.2) is 6.61 Å². The van der Waals surface area contributed by atoms with Crippen molar-refractivity contribution in [1.29, 1.82) is 5.26 Å². The Morgan fingerprint density at radius 1 is 1.44 bits per heavy atom. The minimum atomic E-state index is -1.27. The van der Waals surface area contributed by atoms with Crippen LogP contribution in [0.25, 0.3) is 6.08 Å². The molecule has 0 bridgehead atoms. The van der Waals surface area contributed by atoms with Gasteiger partial charge in [-0.3, -0.25) is 0 Å². The van der Waals surface area contributed by atoms with Crippen LogP contribution in [0.2, 0.25) is 0 Å². The number of carbonyl (C=O) groups is 2. The van der Waals surface area contributed by atoms with Gasteiger partial charge < -0.3 is 14.9 Å².